The molecule has 1 aromatic heterocycles. The second-order valence-electron chi connectivity index (χ2n) is 11.0. The molecule has 4 heterocycles. The van der Waals surface area contributed by atoms with Crippen LogP contribution in [0.2, 0.25) is 0 Å². The Kier molecular flexibility index (Phi) is 7.57. The molecule has 0 aliphatic carbocycles. The number of aromatic amines is 1. The van der Waals surface area contributed by atoms with E-state index < -0.39 is 0 Å². The zero-order valence-corrected chi connectivity index (χ0v) is 23.9. The van der Waals surface area contributed by atoms with Gasteiger partial charge in [0.25, 0.3) is 5.91 Å². The van der Waals surface area contributed by atoms with E-state index in [1.165, 1.54) is 10.9 Å². The number of carbonyl (C=O) groups excluding carboxylic acids is 2. The highest BCUT2D eigenvalue weighted by molar-refractivity contribution is 5.95. The summed E-state index contributed by atoms with van der Waals surface area (Å²) in [6.45, 7) is 5.46. The highest BCUT2D eigenvalue weighted by Gasteiger charge is 2.34. The Morgan fingerprint density at radius 1 is 0.953 bits per heavy atom. The van der Waals surface area contributed by atoms with Crippen LogP contribution in [0.5, 0.6) is 11.5 Å². The SMILES string of the molecule is O=C(NCCN1CCOCC1)c1ccc(/C=C/C(=O)N2CCc3c([nH]c4ccccc34)C2c2ccc3c(c2)OCO3)cc1. The molecule has 2 amide bonds. The molecular weight excluding hydrogens is 544 g/mol. The quantitative estimate of drug-likeness (QED) is 0.320. The van der Waals surface area contributed by atoms with Gasteiger partial charge in [-0.1, -0.05) is 36.4 Å². The van der Waals surface area contributed by atoms with Gasteiger partial charge in [-0.05, 0) is 59.5 Å². The van der Waals surface area contributed by atoms with E-state index in [4.69, 9.17) is 14.2 Å². The molecule has 0 saturated carbocycles. The van der Waals surface area contributed by atoms with Crippen LogP contribution in [-0.4, -0.2) is 79.3 Å². The van der Waals surface area contributed by atoms with E-state index in [1.54, 1.807) is 24.3 Å². The highest BCUT2D eigenvalue weighted by atomic mass is 16.7. The Labute approximate surface area is 250 Å². The van der Waals surface area contributed by atoms with Gasteiger partial charge in [-0.3, -0.25) is 14.5 Å². The van der Waals surface area contributed by atoms with E-state index in [0.29, 0.717) is 30.2 Å². The summed E-state index contributed by atoms with van der Waals surface area (Å²) in [5.74, 6) is 1.21. The molecule has 2 N–H and O–H groups in total. The minimum Gasteiger partial charge on any atom is -0.454 e. The summed E-state index contributed by atoms with van der Waals surface area (Å²) < 4.78 is 16.6. The fourth-order valence-electron chi connectivity index (χ4n) is 6.17. The lowest BCUT2D eigenvalue weighted by molar-refractivity contribution is -0.128. The number of hydrogen-bond acceptors (Lipinski definition) is 6. The smallest absolute Gasteiger partial charge is 0.251 e. The van der Waals surface area contributed by atoms with Gasteiger partial charge in [0.1, 0.15) is 0 Å². The van der Waals surface area contributed by atoms with Crippen LogP contribution in [0.3, 0.4) is 0 Å². The molecule has 9 heteroatoms. The van der Waals surface area contributed by atoms with Gasteiger partial charge in [-0.25, -0.2) is 0 Å². The molecule has 1 saturated heterocycles. The van der Waals surface area contributed by atoms with Crippen LogP contribution in [0.15, 0.2) is 72.8 Å². The first-order chi connectivity index (χ1) is 21.1. The van der Waals surface area contributed by atoms with Crippen LogP contribution in [-0.2, 0) is 16.0 Å². The number of fused-ring (bicyclic) bond motifs is 4. The fourth-order valence-corrected chi connectivity index (χ4v) is 6.17. The number of ether oxygens (including phenoxy) is 3. The van der Waals surface area contributed by atoms with Crippen LogP contribution < -0.4 is 14.8 Å². The van der Waals surface area contributed by atoms with Gasteiger partial charge in [0.15, 0.2) is 11.5 Å². The van der Waals surface area contributed by atoms with Gasteiger partial charge >= 0.3 is 0 Å². The Balaban J connectivity index is 1.07. The number of rotatable bonds is 7. The summed E-state index contributed by atoms with van der Waals surface area (Å²) in [4.78, 5) is 34.1. The van der Waals surface area contributed by atoms with Gasteiger partial charge in [0.05, 0.1) is 19.3 Å². The normalized spacial score (nSPS) is 18.2. The Morgan fingerprint density at radius 3 is 2.63 bits per heavy atom. The summed E-state index contributed by atoms with van der Waals surface area (Å²) in [6, 6.07) is 21.2. The monoisotopic (exact) mass is 578 g/mol. The van der Waals surface area contributed by atoms with Gasteiger partial charge in [0, 0.05) is 61.0 Å². The van der Waals surface area contributed by atoms with Crippen LogP contribution in [0.1, 0.15) is 38.8 Å². The largest absolute Gasteiger partial charge is 0.454 e. The van der Waals surface area contributed by atoms with Gasteiger partial charge in [-0.2, -0.15) is 0 Å². The third-order valence-electron chi connectivity index (χ3n) is 8.44. The number of amides is 2. The molecule has 0 radical (unpaired) electrons. The zero-order chi connectivity index (χ0) is 29.2. The number of hydrogen-bond donors (Lipinski definition) is 2. The first kappa shape index (κ1) is 27.2. The van der Waals surface area contributed by atoms with Crippen molar-refractivity contribution in [2.45, 2.75) is 12.5 Å². The molecule has 1 fully saturated rings. The van der Waals surface area contributed by atoms with E-state index in [9.17, 15) is 9.59 Å². The van der Waals surface area contributed by atoms with E-state index >= 15 is 0 Å². The number of nitrogens with zero attached hydrogens (tertiary/aromatic N) is 2. The van der Waals surface area contributed by atoms with Crippen molar-refractivity contribution in [2.24, 2.45) is 0 Å². The molecule has 1 atom stereocenters. The number of para-hydroxylation sites is 1. The number of carbonyl (C=O) groups is 2. The van der Waals surface area contributed by atoms with Crippen LogP contribution >= 0.6 is 0 Å². The van der Waals surface area contributed by atoms with Crippen molar-refractivity contribution >= 4 is 28.8 Å². The zero-order valence-electron chi connectivity index (χ0n) is 23.9. The summed E-state index contributed by atoms with van der Waals surface area (Å²) in [6.07, 6.45) is 4.18. The topological polar surface area (TPSA) is 96.1 Å². The van der Waals surface area contributed by atoms with E-state index in [2.05, 4.69) is 27.3 Å². The molecule has 4 aromatic rings. The second-order valence-corrected chi connectivity index (χ2v) is 11.0. The van der Waals surface area contributed by atoms with Gasteiger partial charge < -0.3 is 29.4 Å². The van der Waals surface area contributed by atoms with Crippen molar-refractivity contribution in [2.75, 3.05) is 52.7 Å². The number of aromatic nitrogens is 1. The third kappa shape index (κ3) is 5.61. The molecule has 3 aliphatic rings. The molecule has 0 spiro atoms. The lowest BCUT2D eigenvalue weighted by Crippen LogP contribution is -2.41. The average molecular weight is 579 g/mol. The summed E-state index contributed by atoms with van der Waals surface area (Å²) in [7, 11) is 0. The lowest BCUT2D eigenvalue weighted by Gasteiger charge is -2.35. The predicted octanol–water partition coefficient (Wildman–Crippen LogP) is 4.15. The van der Waals surface area contributed by atoms with Crippen LogP contribution in [0, 0.1) is 0 Å². The van der Waals surface area contributed by atoms with Crippen molar-refractivity contribution in [3.8, 4) is 11.5 Å². The fraction of sp³-hybridized carbons (Fsp3) is 0.294. The minimum atomic E-state index is -0.300. The predicted molar refractivity (Wildman–Crippen MR) is 163 cm³/mol. The Morgan fingerprint density at radius 2 is 1.77 bits per heavy atom. The van der Waals surface area contributed by atoms with E-state index in [-0.39, 0.29) is 24.6 Å². The molecule has 1 unspecified atom stereocenters. The molecule has 7 rings (SSSR count). The maximum absolute atomic E-state index is 13.7. The summed E-state index contributed by atoms with van der Waals surface area (Å²) in [5.41, 5.74) is 5.73. The minimum absolute atomic E-state index is 0.0862. The van der Waals surface area contributed by atoms with Crippen molar-refractivity contribution in [3.63, 3.8) is 0 Å². The maximum Gasteiger partial charge on any atom is 0.251 e. The maximum atomic E-state index is 13.7. The second kappa shape index (κ2) is 11.9. The molecule has 9 nitrogen and oxygen atoms in total. The molecule has 220 valence electrons. The van der Waals surface area contributed by atoms with Crippen molar-refractivity contribution in [1.82, 2.24) is 20.1 Å². The number of morpholine rings is 1. The number of nitrogens with one attached hydrogen (secondary N) is 2. The standard InChI is InChI=1S/C34H34N4O5/c39-31(12-7-23-5-8-24(9-6-23)34(40)35-14-16-37-17-19-41-20-18-37)38-15-13-27-26-3-1-2-4-28(26)36-32(27)33(38)25-10-11-29-30(21-25)43-22-42-29/h1-12,21,33,36H,13-20,22H2,(H,35,40)/b12-7+. The number of benzene rings is 3. The van der Waals surface area contributed by atoms with Gasteiger partial charge in [-0.15, -0.1) is 0 Å². The van der Waals surface area contributed by atoms with Crippen molar-refractivity contribution < 1.29 is 23.8 Å². The molecule has 43 heavy (non-hydrogen) atoms. The molecular formula is C34H34N4O5. The lowest BCUT2D eigenvalue weighted by atomic mass is 9.92. The molecule has 3 aliphatic heterocycles. The first-order valence-electron chi connectivity index (χ1n) is 14.8. The Bertz CT molecular complexity index is 1670. The molecule has 3 aromatic carbocycles. The average Bonchev–Trinajstić information content (AvgIpc) is 3.68. The number of H-pyrrole nitrogens is 1. The Hall–Kier alpha value is -4.60. The highest BCUT2D eigenvalue weighted by Crippen LogP contribution is 2.42. The van der Waals surface area contributed by atoms with Crippen LogP contribution in [0.25, 0.3) is 17.0 Å². The summed E-state index contributed by atoms with van der Waals surface area (Å²) >= 11 is 0. The third-order valence-corrected chi connectivity index (χ3v) is 8.44. The van der Waals surface area contributed by atoms with E-state index in [0.717, 1.165) is 61.6 Å². The summed E-state index contributed by atoms with van der Waals surface area (Å²) in [5, 5.41) is 4.18. The van der Waals surface area contributed by atoms with Gasteiger partial charge in [0.2, 0.25) is 12.7 Å². The van der Waals surface area contributed by atoms with Crippen molar-refractivity contribution in [1.29, 1.82) is 0 Å². The van der Waals surface area contributed by atoms with E-state index in [1.807, 2.05) is 47.4 Å². The first-order valence-corrected chi connectivity index (χ1v) is 14.8. The van der Waals surface area contributed by atoms with Crippen molar-refractivity contribution in [3.05, 3.63) is 101 Å². The molecule has 0 bridgehead atoms. The van der Waals surface area contributed by atoms with Crippen LogP contribution in [0.4, 0.5) is 0 Å².